The Morgan fingerprint density at radius 2 is 1.82 bits per heavy atom. The largest absolute Gasteiger partial charge is 0.497 e. The third kappa shape index (κ3) is 4.91. The zero-order chi connectivity index (χ0) is 23.3. The highest BCUT2D eigenvalue weighted by Crippen LogP contribution is 2.35. The molecule has 0 radical (unpaired) electrons. The normalized spacial score (nSPS) is 15.4. The summed E-state index contributed by atoms with van der Waals surface area (Å²) < 4.78 is 21.4. The molecule has 0 spiro atoms. The van der Waals surface area contributed by atoms with Crippen molar-refractivity contribution in [2.24, 2.45) is 0 Å². The van der Waals surface area contributed by atoms with Gasteiger partial charge in [-0.2, -0.15) is 0 Å². The van der Waals surface area contributed by atoms with Crippen LogP contribution in [0.3, 0.4) is 0 Å². The number of piperazine rings is 1. The van der Waals surface area contributed by atoms with E-state index in [2.05, 4.69) is 37.4 Å². The van der Waals surface area contributed by atoms with Crippen LogP contribution in [-0.4, -0.2) is 74.2 Å². The minimum Gasteiger partial charge on any atom is -0.497 e. The number of carbonyl (C=O) groups excluding carboxylic acids is 1. The highest BCUT2D eigenvalue weighted by Gasteiger charge is 2.20. The van der Waals surface area contributed by atoms with Crippen LogP contribution in [0.15, 0.2) is 46.9 Å². The molecule has 2 aliphatic rings. The SMILES string of the molecule is COc1ccc(N2CCN(CCCNC(=O)c3nnc(-c4ccc5c(c4)OCO5)o3)CC2)cc1. The number of aromatic nitrogens is 2. The van der Waals surface area contributed by atoms with Crippen molar-refractivity contribution in [1.82, 2.24) is 20.4 Å². The molecule has 3 aromatic rings. The lowest BCUT2D eigenvalue weighted by Gasteiger charge is -2.36. The summed E-state index contributed by atoms with van der Waals surface area (Å²) in [6.07, 6.45) is 0.845. The first-order chi connectivity index (χ1) is 16.7. The second-order valence-electron chi connectivity index (χ2n) is 8.12. The molecule has 0 bridgehead atoms. The lowest BCUT2D eigenvalue weighted by atomic mass is 10.2. The summed E-state index contributed by atoms with van der Waals surface area (Å²) in [5.74, 6) is 1.99. The van der Waals surface area contributed by atoms with E-state index in [-0.39, 0.29) is 24.5 Å². The Kier molecular flexibility index (Phi) is 6.48. The van der Waals surface area contributed by atoms with E-state index < -0.39 is 0 Å². The molecule has 2 aliphatic heterocycles. The average Bonchev–Trinajstić information content (AvgIpc) is 3.56. The summed E-state index contributed by atoms with van der Waals surface area (Å²) in [5, 5.41) is 10.7. The predicted octanol–water partition coefficient (Wildman–Crippen LogP) is 2.42. The van der Waals surface area contributed by atoms with Crippen molar-refractivity contribution < 1.29 is 23.4 Å². The second-order valence-corrected chi connectivity index (χ2v) is 8.12. The van der Waals surface area contributed by atoms with E-state index >= 15 is 0 Å². The zero-order valence-electron chi connectivity index (χ0n) is 19.0. The predicted molar refractivity (Wildman–Crippen MR) is 124 cm³/mol. The van der Waals surface area contributed by atoms with Crippen LogP contribution in [0.5, 0.6) is 17.2 Å². The number of nitrogens with zero attached hydrogens (tertiary/aromatic N) is 4. The van der Waals surface area contributed by atoms with Crippen LogP contribution >= 0.6 is 0 Å². The van der Waals surface area contributed by atoms with Crippen LogP contribution in [0.2, 0.25) is 0 Å². The van der Waals surface area contributed by atoms with Gasteiger partial charge in [0, 0.05) is 44.0 Å². The zero-order valence-corrected chi connectivity index (χ0v) is 19.0. The van der Waals surface area contributed by atoms with E-state index in [0.717, 1.165) is 44.9 Å². The van der Waals surface area contributed by atoms with Gasteiger partial charge < -0.3 is 28.8 Å². The summed E-state index contributed by atoms with van der Waals surface area (Å²) in [6, 6.07) is 13.5. The van der Waals surface area contributed by atoms with Crippen LogP contribution in [0, 0.1) is 0 Å². The van der Waals surface area contributed by atoms with Gasteiger partial charge in [-0.25, -0.2) is 0 Å². The van der Waals surface area contributed by atoms with Gasteiger partial charge in [0.2, 0.25) is 12.7 Å². The molecular formula is C24H27N5O5. The molecule has 2 aromatic carbocycles. The highest BCUT2D eigenvalue weighted by atomic mass is 16.7. The number of ether oxygens (including phenoxy) is 3. The van der Waals surface area contributed by atoms with Crippen LogP contribution in [0.25, 0.3) is 11.5 Å². The molecule has 10 heteroatoms. The van der Waals surface area contributed by atoms with Gasteiger partial charge in [0.1, 0.15) is 5.75 Å². The van der Waals surface area contributed by atoms with Gasteiger partial charge in [-0.15, -0.1) is 10.2 Å². The van der Waals surface area contributed by atoms with Gasteiger partial charge in [-0.1, -0.05) is 0 Å². The van der Waals surface area contributed by atoms with Gasteiger partial charge >= 0.3 is 11.8 Å². The molecule has 178 valence electrons. The van der Waals surface area contributed by atoms with E-state index in [1.807, 2.05) is 12.1 Å². The first-order valence-corrected chi connectivity index (χ1v) is 11.3. The fourth-order valence-corrected chi connectivity index (χ4v) is 4.06. The van der Waals surface area contributed by atoms with Crippen molar-refractivity contribution >= 4 is 11.6 Å². The number of benzene rings is 2. The number of nitrogens with one attached hydrogen (secondary N) is 1. The third-order valence-electron chi connectivity index (χ3n) is 5.99. The van der Waals surface area contributed by atoms with Crippen LogP contribution in [0.4, 0.5) is 5.69 Å². The Hall–Kier alpha value is -3.79. The molecule has 34 heavy (non-hydrogen) atoms. The summed E-state index contributed by atoms with van der Waals surface area (Å²) in [5.41, 5.74) is 1.89. The van der Waals surface area contributed by atoms with Crippen molar-refractivity contribution in [3.05, 3.63) is 48.4 Å². The quantitative estimate of drug-likeness (QED) is 0.503. The van der Waals surface area contributed by atoms with Gasteiger partial charge in [0.25, 0.3) is 0 Å². The molecule has 5 rings (SSSR count). The molecule has 1 aromatic heterocycles. The Morgan fingerprint density at radius 3 is 2.62 bits per heavy atom. The Morgan fingerprint density at radius 1 is 1.03 bits per heavy atom. The Bertz CT molecular complexity index is 1130. The van der Waals surface area contributed by atoms with E-state index in [0.29, 0.717) is 23.6 Å². The number of rotatable bonds is 8. The topological polar surface area (TPSA) is 102 Å². The molecule has 1 amide bonds. The smallest absolute Gasteiger partial charge is 0.308 e. The van der Waals surface area contributed by atoms with E-state index in [1.165, 1.54) is 5.69 Å². The number of hydrogen-bond acceptors (Lipinski definition) is 9. The van der Waals surface area contributed by atoms with Crippen molar-refractivity contribution in [2.75, 3.05) is 58.1 Å². The number of amides is 1. The number of methoxy groups -OCH3 is 1. The summed E-state index contributed by atoms with van der Waals surface area (Å²) in [4.78, 5) is 17.2. The standard InChI is InChI=1S/C24H27N5O5/c1-31-19-6-4-18(5-7-19)29-13-11-28(12-14-29)10-2-9-25-22(30)24-27-26-23(34-24)17-3-8-20-21(15-17)33-16-32-20/h3-8,15H,2,9-14,16H2,1H3,(H,25,30). The van der Waals surface area contributed by atoms with E-state index in [1.54, 1.807) is 25.3 Å². The van der Waals surface area contributed by atoms with E-state index in [9.17, 15) is 4.79 Å². The van der Waals surface area contributed by atoms with Crippen molar-refractivity contribution in [3.63, 3.8) is 0 Å². The molecule has 0 unspecified atom stereocenters. The maximum absolute atomic E-state index is 12.4. The molecule has 3 heterocycles. The number of fused-ring (bicyclic) bond motifs is 1. The third-order valence-corrected chi connectivity index (χ3v) is 5.99. The second kappa shape index (κ2) is 10.0. The number of anilines is 1. The Balaban J connectivity index is 1.04. The lowest BCUT2D eigenvalue weighted by molar-refractivity contribution is 0.0917. The van der Waals surface area contributed by atoms with Gasteiger partial charge in [-0.3, -0.25) is 9.69 Å². The fourth-order valence-electron chi connectivity index (χ4n) is 4.06. The summed E-state index contributed by atoms with van der Waals surface area (Å²) in [6.45, 7) is 5.58. The van der Waals surface area contributed by atoms with Gasteiger partial charge in [-0.05, 0) is 55.4 Å². The molecule has 0 saturated carbocycles. The van der Waals surface area contributed by atoms with Gasteiger partial charge in [0.15, 0.2) is 11.5 Å². The number of hydrogen-bond donors (Lipinski definition) is 1. The minimum atomic E-state index is -0.371. The minimum absolute atomic E-state index is 0.0548. The molecule has 1 fully saturated rings. The molecular weight excluding hydrogens is 438 g/mol. The molecule has 0 aliphatic carbocycles. The molecule has 10 nitrogen and oxygen atoms in total. The average molecular weight is 466 g/mol. The lowest BCUT2D eigenvalue weighted by Crippen LogP contribution is -2.47. The maximum atomic E-state index is 12.4. The first kappa shape index (κ1) is 22.0. The summed E-state index contributed by atoms with van der Waals surface area (Å²) >= 11 is 0. The first-order valence-electron chi connectivity index (χ1n) is 11.3. The maximum Gasteiger partial charge on any atom is 0.308 e. The van der Waals surface area contributed by atoms with Crippen LogP contribution in [-0.2, 0) is 0 Å². The van der Waals surface area contributed by atoms with Crippen LogP contribution in [0.1, 0.15) is 17.1 Å². The van der Waals surface area contributed by atoms with Crippen molar-refractivity contribution in [3.8, 4) is 28.7 Å². The monoisotopic (exact) mass is 465 g/mol. The molecule has 1 saturated heterocycles. The van der Waals surface area contributed by atoms with Crippen molar-refractivity contribution in [1.29, 1.82) is 0 Å². The number of carbonyl (C=O) groups is 1. The molecule has 1 N–H and O–H groups in total. The summed E-state index contributed by atoms with van der Waals surface area (Å²) in [7, 11) is 1.68. The highest BCUT2D eigenvalue weighted by molar-refractivity contribution is 5.89. The van der Waals surface area contributed by atoms with E-state index in [4.69, 9.17) is 18.6 Å². The van der Waals surface area contributed by atoms with Crippen molar-refractivity contribution in [2.45, 2.75) is 6.42 Å². The Labute approximate surface area is 197 Å². The van der Waals surface area contributed by atoms with Gasteiger partial charge in [0.05, 0.1) is 7.11 Å². The fraction of sp³-hybridized carbons (Fsp3) is 0.375. The van der Waals surface area contributed by atoms with Crippen LogP contribution < -0.4 is 24.4 Å². The molecule has 0 atom stereocenters.